The van der Waals surface area contributed by atoms with Crippen molar-refractivity contribution < 1.29 is 114 Å². The van der Waals surface area contributed by atoms with E-state index in [0.717, 1.165) is 12.1 Å². The lowest BCUT2D eigenvalue weighted by Gasteiger charge is -2.46. The molecule has 4 saturated heterocycles. The quantitative estimate of drug-likeness (QED) is 0.0856. The molecule has 5 heterocycles. The third-order valence-electron chi connectivity index (χ3n) is 11.3. The van der Waals surface area contributed by atoms with Gasteiger partial charge in [0.25, 0.3) is 0 Å². The molecule has 24 heteroatoms. The van der Waals surface area contributed by atoms with Crippen molar-refractivity contribution in [3.63, 3.8) is 0 Å². The normalized spacial score (nSPS) is 41.0. The predicted molar refractivity (Wildman–Crippen MR) is 202 cm³/mol. The summed E-state index contributed by atoms with van der Waals surface area (Å²) in [6.45, 7) is 1.18. The average Bonchev–Trinajstić information content (AvgIpc) is 3.25. The van der Waals surface area contributed by atoms with Crippen molar-refractivity contribution in [2.24, 2.45) is 0 Å². The van der Waals surface area contributed by atoms with Crippen LogP contribution in [0.4, 0.5) is 0 Å². The predicted octanol–water partition coefficient (Wildman–Crippen LogP) is -5.07. The molecule has 20 atom stereocenters. The molecule has 4 aliphatic rings. The van der Waals surface area contributed by atoms with Gasteiger partial charge in [-0.15, -0.1) is 0 Å². The zero-order valence-corrected chi connectivity index (χ0v) is 33.3. The molecule has 0 bridgehead atoms. The molecule has 0 aliphatic carbocycles. The molecule has 4 aliphatic heterocycles. The molecule has 1 aromatic heterocycles. The Morgan fingerprint density at radius 1 is 0.587 bits per heavy atom. The zero-order valence-electron chi connectivity index (χ0n) is 33.3. The first-order chi connectivity index (χ1) is 29.8. The number of hydrogen-bond donors (Lipinski definition) is 14. The van der Waals surface area contributed by atoms with Crippen LogP contribution in [0.2, 0.25) is 0 Å². The fourth-order valence-electron chi connectivity index (χ4n) is 7.56. The van der Waals surface area contributed by atoms with Gasteiger partial charge in [0.15, 0.2) is 24.4 Å². The summed E-state index contributed by atoms with van der Waals surface area (Å²) in [5, 5.41) is 147. The minimum Gasteiger partial charge on any atom is -0.508 e. The van der Waals surface area contributed by atoms with Gasteiger partial charge in [0, 0.05) is 17.7 Å². The summed E-state index contributed by atoms with van der Waals surface area (Å²) in [7, 11) is 0. The second-order valence-electron chi connectivity index (χ2n) is 15.7. The van der Waals surface area contributed by atoms with E-state index in [9.17, 15) is 76.3 Å². The molecule has 24 nitrogen and oxygen atoms in total. The molecular weight excluding hydrogens is 852 g/mol. The maximum Gasteiger partial charge on any atom is 0.239 e. The Hall–Kier alpha value is -3.87. The maximum atomic E-state index is 14.5. The average molecular weight is 903 g/mol. The molecular formula is C39H50O24. The van der Waals surface area contributed by atoms with E-state index in [0.29, 0.717) is 0 Å². The van der Waals surface area contributed by atoms with E-state index in [4.69, 9.17) is 42.3 Å². The lowest BCUT2D eigenvalue weighted by Crippen LogP contribution is -2.65. The monoisotopic (exact) mass is 902 g/mol. The van der Waals surface area contributed by atoms with Crippen molar-refractivity contribution in [2.75, 3.05) is 13.2 Å². The van der Waals surface area contributed by atoms with Crippen molar-refractivity contribution in [1.29, 1.82) is 0 Å². The Morgan fingerprint density at radius 3 is 1.78 bits per heavy atom. The summed E-state index contributed by atoms with van der Waals surface area (Å²) in [6, 6.07) is 7.10. The van der Waals surface area contributed by atoms with E-state index in [2.05, 4.69) is 0 Å². The minimum absolute atomic E-state index is 0.0468. The zero-order chi connectivity index (χ0) is 45.8. The minimum atomic E-state index is -2.12. The maximum absolute atomic E-state index is 14.5. The third-order valence-corrected chi connectivity index (χ3v) is 11.3. The summed E-state index contributed by atoms with van der Waals surface area (Å²) in [5.41, 5.74) is -1.43. The van der Waals surface area contributed by atoms with E-state index >= 15 is 0 Å². The SMILES string of the molecule is CC1O[C@@H](OCC2O[C@@H](Oc3c(-c4ccc(O)cc4)oc4cc(O[C@@H]5OC(C)[C@H](O)[C@H](O)C5O)cc(O)c4c3=O)C(O[C@@H]3OC(CO)[C@@H](O)C(O)[C@H]3O)C(O)[C@H]2O)C(O)[C@@H](O)[C@H]1O. The summed E-state index contributed by atoms with van der Waals surface area (Å²) < 4.78 is 51.7. The number of aliphatic hydroxyl groups excluding tert-OH is 12. The molecule has 63 heavy (non-hydrogen) atoms. The Bertz CT molecular complexity index is 2080. The van der Waals surface area contributed by atoms with Gasteiger partial charge in [-0.1, -0.05) is 0 Å². The largest absolute Gasteiger partial charge is 0.508 e. The van der Waals surface area contributed by atoms with Crippen molar-refractivity contribution in [3.8, 4) is 34.3 Å². The van der Waals surface area contributed by atoms with E-state index in [1.165, 1.54) is 38.1 Å². The van der Waals surface area contributed by atoms with Gasteiger partial charge in [0.1, 0.15) is 108 Å². The first kappa shape index (κ1) is 47.1. The van der Waals surface area contributed by atoms with Gasteiger partial charge in [0.2, 0.25) is 23.8 Å². The number of phenols is 2. The highest BCUT2D eigenvalue weighted by atomic mass is 16.8. The van der Waals surface area contributed by atoms with Gasteiger partial charge < -0.3 is 114 Å². The van der Waals surface area contributed by atoms with Crippen molar-refractivity contribution in [3.05, 3.63) is 46.6 Å². The highest BCUT2D eigenvalue weighted by Crippen LogP contribution is 2.40. The van der Waals surface area contributed by atoms with Crippen LogP contribution in [0.15, 0.2) is 45.6 Å². The molecule has 0 spiro atoms. The highest BCUT2D eigenvalue weighted by molar-refractivity contribution is 5.88. The molecule has 14 N–H and O–H groups in total. The molecule has 7 rings (SSSR count). The van der Waals surface area contributed by atoms with Crippen LogP contribution in [-0.4, -0.2) is 208 Å². The van der Waals surface area contributed by atoms with Crippen LogP contribution in [0.3, 0.4) is 0 Å². The lowest BCUT2D eigenvalue weighted by molar-refractivity contribution is -0.362. The van der Waals surface area contributed by atoms with Gasteiger partial charge in [-0.05, 0) is 38.1 Å². The number of rotatable bonds is 11. The molecule has 2 aromatic carbocycles. The first-order valence-electron chi connectivity index (χ1n) is 19.8. The van der Waals surface area contributed by atoms with Crippen LogP contribution in [0.5, 0.6) is 23.0 Å². The number of ether oxygens (including phenoxy) is 8. The standard InChI is InChI=1S/C39H50O24/c1-11-21(43)26(48)30(52)36(56-11)55-10-19-24(46)29(51)35(63-38-32(54)28(50)23(45)18(9-40)60-38)39(61-19)62-34-25(47)20-16(42)7-15(58-37-31(53)27(49)22(44)12(2)57-37)8-17(20)59-33(34)13-3-5-14(41)6-4-13/h3-8,11-12,18-19,21-24,26-32,35-46,48-54H,9-10H2,1-2H3/t11?,12?,18?,19?,21-,22-,23+,24-,26-,27-,28?,29?,30?,31?,32+,35?,36+,37-,38-,39-/m0/s1. The number of aliphatic hydroxyl groups is 12. The van der Waals surface area contributed by atoms with Gasteiger partial charge >= 0.3 is 0 Å². The molecule has 9 unspecified atom stereocenters. The summed E-state index contributed by atoms with van der Waals surface area (Å²) >= 11 is 0. The fraction of sp³-hybridized carbons (Fsp3) is 0.615. The van der Waals surface area contributed by atoms with Gasteiger partial charge in [-0.3, -0.25) is 4.79 Å². The molecule has 0 saturated carbocycles. The topological polar surface area (TPSA) is 387 Å². The molecule has 0 radical (unpaired) electrons. The molecule has 0 amide bonds. The smallest absolute Gasteiger partial charge is 0.239 e. The second-order valence-corrected chi connectivity index (χ2v) is 15.7. The fourth-order valence-corrected chi connectivity index (χ4v) is 7.56. The van der Waals surface area contributed by atoms with Crippen molar-refractivity contribution >= 4 is 11.0 Å². The number of fused-ring (bicyclic) bond motifs is 1. The lowest BCUT2D eigenvalue weighted by atomic mass is 9.97. The summed E-state index contributed by atoms with van der Waals surface area (Å²) in [4.78, 5) is 14.5. The Balaban J connectivity index is 1.27. The van der Waals surface area contributed by atoms with Crippen molar-refractivity contribution in [2.45, 2.75) is 137 Å². The second kappa shape index (κ2) is 18.9. The third kappa shape index (κ3) is 9.19. The van der Waals surface area contributed by atoms with E-state index in [1.807, 2.05) is 0 Å². The Morgan fingerprint density at radius 2 is 1.14 bits per heavy atom. The van der Waals surface area contributed by atoms with Crippen molar-refractivity contribution in [1.82, 2.24) is 0 Å². The Labute approximate surface area is 355 Å². The van der Waals surface area contributed by atoms with Crippen LogP contribution in [-0.2, 0) is 28.4 Å². The highest BCUT2D eigenvalue weighted by Gasteiger charge is 2.53. The van der Waals surface area contributed by atoms with Crippen LogP contribution < -0.4 is 14.9 Å². The molecule has 4 fully saturated rings. The molecule has 350 valence electrons. The number of aromatic hydroxyl groups is 2. The molecule has 3 aromatic rings. The number of hydrogen-bond acceptors (Lipinski definition) is 24. The Kier molecular flexibility index (Phi) is 14.1. The summed E-state index contributed by atoms with van der Waals surface area (Å²) in [5.74, 6) is -2.43. The van der Waals surface area contributed by atoms with Crippen LogP contribution in [0.1, 0.15) is 13.8 Å². The number of benzene rings is 2. The van der Waals surface area contributed by atoms with E-state index in [1.54, 1.807) is 0 Å². The van der Waals surface area contributed by atoms with E-state index < -0.39 is 164 Å². The number of phenolic OH excluding ortho intramolecular Hbond substituents is 2. The van der Waals surface area contributed by atoms with Gasteiger partial charge in [-0.25, -0.2) is 0 Å². The van der Waals surface area contributed by atoms with E-state index in [-0.39, 0.29) is 22.6 Å². The van der Waals surface area contributed by atoms with Gasteiger partial charge in [0.05, 0.1) is 25.4 Å². The van der Waals surface area contributed by atoms with Crippen LogP contribution in [0, 0.1) is 0 Å². The summed E-state index contributed by atoms with van der Waals surface area (Å²) in [6.07, 6.45) is -34.3. The first-order valence-corrected chi connectivity index (χ1v) is 19.8. The van der Waals surface area contributed by atoms with Gasteiger partial charge in [-0.2, -0.15) is 0 Å². The van der Waals surface area contributed by atoms with Crippen LogP contribution >= 0.6 is 0 Å². The van der Waals surface area contributed by atoms with Crippen LogP contribution in [0.25, 0.3) is 22.3 Å².